The number of aromatic nitrogens is 3. The zero-order chi connectivity index (χ0) is 11.0. The molecule has 2 N–H and O–H groups in total. The van der Waals surface area contributed by atoms with Gasteiger partial charge in [-0.05, 0) is 24.3 Å². The summed E-state index contributed by atoms with van der Waals surface area (Å²) in [5.74, 6) is 0.601. The van der Waals surface area contributed by atoms with Gasteiger partial charge in [0.2, 0.25) is 5.71 Å². The van der Waals surface area contributed by atoms with Crippen molar-refractivity contribution in [2.24, 2.45) is 0 Å². The van der Waals surface area contributed by atoms with Gasteiger partial charge in [-0.1, -0.05) is 0 Å². The van der Waals surface area contributed by atoms with E-state index in [0.717, 1.165) is 5.56 Å². The molecule has 0 saturated carbocycles. The smallest absolute Gasteiger partial charge is 0.250 e. The summed E-state index contributed by atoms with van der Waals surface area (Å²) in [6, 6.07) is 7.35. The van der Waals surface area contributed by atoms with Crippen LogP contribution < -0.4 is 5.73 Å². The first-order valence-corrected chi connectivity index (χ1v) is 4.75. The number of oxazole rings is 1. The lowest BCUT2D eigenvalue weighted by atomic mass is 10.2. The molecule has 0 aliphatic rings. The number of hydrogen-bond acceptors (Lipinski definition) is 5. The highest BCUT2D eigenvalue weighted by Crippen LogP contribution is 2.18. The van der Waals surface area contributed by atoms with Crippen molar-refractivity contribution in [1.29, 1.82) is 0 Å². The van der Waals surface area contributed by atoms with Crippen LogP contribution in [0.3, 0.4) is 0 Å². The molecule has 2 heterocycles. The Balaban J connectivity index is 2.14. The molecule has 78 valence electrons. The fourth-order valence-corrected chi connectivity index (χ4v) is 1.44. The van der Waals surface area contributed by atoms with Crippen LogP contribution in [0.1, 0.15) is 0 Å². The van der Waals surface area contributed by atoms with E-state index in [1.54, 1.807) is 6.20 Å². The van der Waals surface area contributed by atoms with Crippen LogP contribution in [0.2, 0.25) is 0 Å². The number of nitrogen functional groups attached to an aromatic ring is 1. The Morgan fingerprint density at radius 1 is 1.06 bits per heavy atom. The first kappa shape index (κ1) is 8.84. The van der Waals surface area contributed by atoms with E-state index in [-0.39, 0.29) is 0 Å². The van der Waals surface area contributed by atoms with Crippen molar-refractivity contribution >= 4 is 16.9 Å². The normalized spacial score (nSPS) is 10.8. The summed E-state index contributed by atoms with van der Waals surface area (Å²) in [6.45, 7) is 0. The summed E-state index contributed by atoms with van der Waals surface area (Å²) in [6.07, 6.45) is 2.99. The summed E-state index contributed by atoms with van der Waals surface area (Å²) >= 11 is 0. The van der Waals surface area contributed by atoms with Gasteiger partial charge in [-0.25, -0.2) is 9.97 Å². The lowest BCUT2D eigenvalue weighted by Crippen LogP contribution is -1.89. The molecule has 5 nitrogen and oxygen atoms in total. The van der Waals surface area contributed by atoms with E-state index in [1.165, 1.54) is 6.39 Å². The number of rotatable bonds is 1. The average Bonchev–Trinajstić information content (AvgIpc) is 2.77. The van der Waals surface area contributed by atoms with Crippen LogP contribution in [-0.2, 0) is 0 Å². The predicted octanol–water partition coefficient (Wildman–Crippen LogP) is 1.87. The maximum absolute atomic E-state index is 5.61. The summed E-state index contributed by atoms with van der Waals surface area (Å²) in [4.78, 5) is 12.4. The number of fused-ring (bicyclic) bond motifs is 1. The van der Waals surface area contributed by atoms with Crippen LogP contribution in [0.25, 0.3) is 22.6 Å². The number of benzene rings is 1. The molecular weight excluding hydrogens is 204 g/mol. The SMILES string of the molecule is Nc1ccc(-c2ncc3ncoc3n2)cc1. The summed E-state index contributed by atoms with van der Waals surface area (Å²) in [5.41, 5.74) is 8.36. The molecule has 0 radical (unpaired) electrons. The van der Waals surface area contributed by atoms with Gasteiger partial charge in [0.1, 0.15) is 5.52 Å². The molecule has 0 aliphatic carbocycles. The maximum Gasteiger partial charge on any atom is 0.250 e. The monoisotopic (exact) mass is 212 g/mol. The highest BCUT2D eigenvalue weighted by atomic mass is 16.3. The molecule has 0 unspecified atom stereocenters. The van der Waals surface area contributed by atoms with Crippen molar-refractivity contribution in [3.05, 3.63) is 36.9 Å². The molecule has 0 saturated heterocycles. The third-order valence-corrected chi connectivity index (χ3v) is 2.26. The molecule has 0 bridgehead atoms. The lowest BCUT2D eigenvalue weighted by Gasteiger charge is -1.99. The number of nitrogens with two attached hydrogens (primary N) is 1. The Morgan fingerprint density at radius 3 is 2.69 bits per heavy atom. The Labute approximate surface area is 91.0 Å². The number of hydrogen-bond donors (Lipinski definition) is 1. The topological polar surface area (TPSA) is 77.8 Å². The van der Waals surface area contributed by atoms with Crippen molar-refractivity contribution in [1.82, 2.24) is 15.0 Å². The molecule has 0 atom stereocenters. The highest BCUT2D eigenvalue weighted by Gasteiger charge is 2.05. The Hall–Kier alpha value is -2.43. The molecule has 3 aromatic rings. The van der Waals surface area contributed by atoms with Gasteiger partial charge in [0.25, 0.3) is 0 Å². The minimum Gasteiger partial charge on any atom is -0.425 e. The van der Waals surface area contributed by atoms with Crippen molar-refractivity contribution < 1.29 is 4.42 Å². The third kappa shape index (κ3) is 1.38. The quantitative estimate of drug-likeness (QED) is 0.623. The van der Waals surface area contributed by atoms with Gasteiger partial charge in [-0.2, -0.15) is 4.98 Å². The maximum atomic E-state index is 5.61. The molecule has 5 heteroatoms. The van der Waals surface area contributed by atoms with Crippen LogP contribution in [0.5, 0.6) is 0 Å². The Kier molecular flexibility index (Phi) is 1.83. The minimum absolute atomic E-state index is 0.488. The van der Waals surface area contributed by atoms with Crippen molar-refractivity contribution in [2.45, 2.75) is 0 Å². The molecule has 0 fully saturated rings. The zero-order valence-corrected chi connectivity index (χ0v) is 8.29. The van der Waals surface area contributed by atoms with Gasteiger partial charge in [-0.3, -0.25) is 0 Å². The average molecular weight is 212 g/mol. The second-order valence-corrected chi connectivity index (χ2v) is 3.36. The molecule has 2 aromatic heterocycles. The van der Waals surface area contributed by atoms with E-state index in [4.69, 9.17) is 10.2 Å². The molecular formula is C11H8N4O. The van der Waals surface area contributed by atoms with E-state index in [9.17, 15) is 0 Å². The Bertz CT molecular complexity index is 630. The van der Waals surface area contributed by atoms with Gasteiger partial charge in [0.05, 0.1) is 6.20 Å². The van der Waals surface area contributed by atoms with Gasteiger partial charge in [0, 0.05) is 11.3 Å². The number of nitrogens with zero attached hydrogens (tertiary/aromatic N) is 3. The fraction of sp³-hybridized carbons (Fsp3) is 0. The zero-order valence-electron chi connectivity index (χ0n) is 8.29. The second kappa shape index (κ2) is 3.30. The van der Waals surface area contributed by atoms with Crippen LogP contribution >= 0.6 is 0 Å². The molecule has 16 heavy (non-hydrogen) atoms. The van der Waals surface area contributed by atoms with E-state index >= 15 is 0 Å². The van der Waals surface area contributed by atoms with E-state index in [2.05, 4.69) is 15.0 Å². The third-order valence-electron chi connectivity index (χ3n) is 2.26. The summed E-state index contributed by atoms with van der Waals surface area (Å²) in [7, 11) is 0. The molecule has 0 amide bonds. The van der Waals surface area contributed by atoms with Gasteiger partial charge in [-0.15, -0.1) is 0 Å². The fourth-order valence-electron chi connectivity index (χ4n) is 1.44. The van der Waals surface area contributed by atoms with E-state index in [1.807, 2.05) is 24.3 Å². The standard InChI is InChI=1S/C11H8N4O/c12-8-3-1-7(2-4-8)10-13-5-9-11(15-10)16-6-14-9/h1-6H,12H2. The van der Waals surface area contributed by atoms with Gasteiger partial charge in [0.15, 0.2) is 12.2 Å². The van der Waals surface area contributed by atoms with Crippen LogP contribution in [-0.4, -0.2) is 15.0 Å². The van der Waals surface area contributed by atoms with Crippen molar-refractivity contribution in [3.8, 4) is 11.4 Å². The van der Waals surface area contributed by atoms with Gasteiger partial charge >= 0.3 is 0 Å². The van der Waals surface area contributed by atoms with Gasteiger partial charge < -0.3 is 10.2 Å². The minimum atomic E-state index is 0.488. The largest absolute Gasteiger partial charge is 0.425 e. The first-order chi connectivity index (χ1) is 7.83. The summed E-state index contributed by atoms with van der Waals surface area (Å²) < 4.78 is 5.12. The van der Waals surface area contributed by atoms with E-state index in [0.29, 0.717) is 22.7 Å². The molecule has 3 rings (SSSR count). The van der Waals surface area contributed by atoms with Crippen LogP contribution in [0, 0.1) is 0 Å². The van der Waals surface area contributed by atoms with Crippen molar-refractivity contribution in [2.75, 3.05) is 5.73 Å². The Morgan fingerprint density at radius 2 is 1.88 bits per heavy atom. The predicted molar refractivity (Wildman–Crippen MR) is 59.4 cm³/mol. The summed E-state index contributed by atoms with van der Waals surface area (Å²) in [5, 5.41) is 0. The first-order valence-electron chi connectivity index (χ1n) is 4.75. The molecule has 1 aromatic carbocycles. The van der Waals surface area contributed by atoms with Crippen LogP contribution in [0.15, 0.2) is 41.3 Å². The second-order valence-electron chi connectivity index (χ2n) is 3.36. The lowest BCUT2D eigenvalue weighted by molar-refractivity contribution is 0.590. The van der Waals surface area contributed by atoms with E-state index < -0.39 is 0 Å². The number of anilines is 1. The molecule has 0 spiro atoms. The van der Waals surface area contributed by atoms with Crippen LogP contribution in [0.4, 0.5) is 5.69 Å². The molecule has 0 aliphatic heterocycles. The highest BCUT2D eigenvalue weighted by molar-refractivity contribution is 5.70. The van der Waals surface area contributed by atoms with Crippen molar-refractivity contribution in [3.63, 3.8) is 0 Å².